The minimum absolute atomic E-state index is 0. The molecule has 0 nitrogen and oxygen atoms in total. The second-order valence-corrected chi connectivity index (χ2v) is 6.68. The van der Waals surface area contributed by atoms with E-state index < -0.39 is 11.4 Å². The van der Waals surface area contributed by atoms with Crippen molar-refractivity contribution in [2.75, 3.05) is 0 Å². The van der Waals surface area contributed by atoms with Gasteiger partial charge in [-0.2, -0.15) is 0 Å². The summed E-state index contributed by atoms with van der Waals surface area (Å²) in [4.78, 5) is 0. The molecule has 0 atom stereocenters. The minimum atomic E-state index is -1.72. The molecule has 0 aliphatic carbocycles. The molecule has 0 amide bonds. The van der Waals surface area contributed by atoms with Gasteiger partial charge in [-0.05, 0) is 0 Å². The molecule has 0 aliphatic rings. The lowest BCUT2D eigenvalue weighted by molar-refractivity contribution is 3.24. The van der Waals surface area contributed by atoms with Gasteiger partial charge in [0.1, 0.15) is 0 Å². The lowest BCUT2D eigenvalue weighted by Gasteiger charge is -1.57. The van der Waals surface area contributed by atoms with Crippen LogP contribution in [0.3, 0.4) is 0 Å². The zero-order chi connectivity index (χ0) is 3.58. The molecule has 0 aliphatic heterocycles. The Morgan fingerprint density at radius 1 is 1.00 bits per heavy atom. The van der Waals surface area contributed by atoms with Crippen molar-refractivity contribution in [3.05, 3.63) is 7.43 Å². The van der Waals surface area contributed by atoms with Crippen LogP contribution in [0.1, 0.15) is 0 Å². The third-order valence-electron chi connectivity index (χ3n) is 0. The molecule has 5 heavy (non-hydrogen) atoms. The zero-order valence-corrected chi connectivity index (χ0v) is 6.13. The molecule has 0 fully saturated rings. The van der Waals surface area contributed by atoms with Crippen LogP contribution in [-0.2, 0) is 0 Å². The van der Waals surface area contributed by atoms with E-state index in [9.17, 15) is 0 Å². The summed E-state index contributed by atoms with van der Waals surface area (Å²) in [7, 11) is 14.8. The predicted octanol–water partition coefficient (Wildman–Crippen LogP) is 2.14. The Morgan fingerprint density at radius 2 is 1.00 bits per heavy atom. The number of hydrogen-bond donors (Lipinski definition) is 0. The van der Waals surface area contributed by atoms with Crippen LogP contribution in [0.25, 0.3) is 0 Å². The standard InChI is InChI=1S/CH3.Al.3ClH/h1H3;;3*1H/q;+3;;;/p-3. The van der Waals surface area contributed by atoms with E-state index >= 15 is 0 Å². The van der Waals surface area contributed by atoms with Crippen LogP contribution in [-0.4, -0.2) is 11.4 Å². The van der Waals surface area contributed by atoms with Crippen molar-refractivity contribution in [3.8, 4) is 0 Å². The molecule has 0 aromatic carbocycles. The van der Waals surface area contributed by atoms with Gasteiger partial charge < -0.3 is 0 Å². The van der Waals surface area contributed by atoms with Crippen LogP contribution in [0.5, 0.6) is 0 Å². The fourth-order valence-electron chi connectivity index (χ4n) is 0. The molecular formula is CH3AlCl3. The molecule has 1 radical (unpaired) electrons. The summed E-state index contributed by atoms with van der Waals surface area (Å²) in [6.07, 6.45) is 0. The van der Waals surface area contributed by atoms with Gasteiger partial charge in [0.25, 0.3) is 0 Å². The van der Waals surface area contributed by atoms with Crippen LogP contribution in [0.15, 0.2) is 0 Å². The van der Waals surface area contributed by atoms with E-state index in [4.69, 9.17) is 30.1 Å². The van der Waals surface area contributed by atoms with Gasteiger partial charge in [0.2, 0.25) is 0 Å². The Balaban J connectivity index is 0. The Hall–Kier alpha value is 1.40. The van der Waals surface area contributed by atoms with Crippen molar-refractivity contribution in [2.45, 2.75) is 0 Å². The average molecular weight is 148 g/mol. The summed E-state index contributed by atoms with van der Waals surface area (Å²) >= 11 is -1.72. The van der Waals surface area contributed by atoms with Crippen LogP contribution in [0.2, 0.25) is 0 Å². The molecule has 0 aromatic rings. The number of halogens is 3. The van der Waals surface area contributed by atoms with E-state index in [0.29, 0.717) is 0 Å². The van der Waals surface area contributed by atoms with Gasteiger partial charge in [-0.3, -0.25) is 0 Å². The maximum atomic E-state index is 4.94. The van der Waals surface area contributed by atoms with Gasteiger partial charge in [0, 0.05) is 0 Å². The summed E-state index contributed by atoms with van der Waals surface area (Å²) in [5.74, 6) is 0. The lowest BCUT2D eigenvalue weighted by Crippen LogP contribution is -1.66. The van der Waals surface area contributed by atoms with Gasteiger partial charge >= 0.3 is 11.4 Å². The summed E-state index contributed by atoms with van der Waals surface area (Å²) in [6.45, 7) is 0. The largest absolute Gasteiger partial charge is 0.643 e. The molecule has 4 heteroatoms. The summed E-state index contributed by atoms with van der Waals surface area (Å²) in [6, 6.07) is 0. The first-order chi connectivity index (χ1) is 1.73. The Kier molecular flexibility index (Phi) is 10.4. The first kappa shape index (κ1) is 9.64. The smallest absolute Gasteiger partial charge is 0.214 e. The van der Waals surface area contributed by atoms with Gasteiger partial charge in [-0.1, -0.05) is 7.43 Å². The van der Waals surface area contributed by atoms with Crippen LogP contribution < -0.4 is 0 Å². The van der Waals surface area contributed by atoms with E-state index in [1.54, 1.807) is 0 Å². The van der Waals surface area contributed by atoms with Crippen molar-refractivity contribution >= 4 is 41.5 Å². The third kappa shape index (κ3) is 31.8. The molecular weight excluding hydrogens is 145 g/mol. The SMILES string of the molecule is [CH3].[Cl][Al]([Cl])[Cl]. The van der Waals surface area contributed by atoms with Crippen molar-refractivity contribution in [3.63, 3.8) is 0 Å². The molecule has 0 saturated carbocycles. The van der Waals surface area contributed by atoms with Crippen LogP contribution >= 0.6 is 30.1 Å². The Labute approximate surface area is 49.0 Å². The molecule has 0 saturated heterocycles. The molecule has 0 spiro atoms. The zero-order valence-electron chi connectivity index (χ0n) is 2.71. The summed E-state index contributed by atoms with van der Waals surface area (Å²) in [5, 5.41) is 0. The Morgan fingerprint density at radius 3 is 1.00 bits per heavy atom. The highest BCUT2D eigenvalue weighted by atomic mass is 35.8. The topological polar surface area (TPSA) is 0 Å². The molecule has 31 valence electrons. The van der Waals surface area contributed by atoms with Crippen LogP contribution in [0.4, 0.5) is 0 Å². The highest BCUT2D eigenvalue weighted by Gasteiger charge is 2.00. The molecule has 0 N–H and O–H groups in total. The maximum absolute atomic E-state index is 4.94. The number of hydrogen-bond acceptors (Lipinski definition) is 0. The molecule has 0 bridgehead atoms. The minimum Gasteiger partial charge on any atom is -0.214 e. The molecule has 0 unspecified atom stereocenters. The monoisotopic (exact) mass is 147 g/mol. The van der Waals surface area contributed by atoms with E-state index in [-0.39, 0.29) is 7.43 Å². The predicted molar refractivity (Wildman–Crippen MR) is 29.7 cm³/mol. The van der Waals surface area contributed by atoms with Gasteiger partial charge in [-0.15, -0.1) is 0 Å². The second kappa shape index (κ2) is 5.40. The summed E-state index contributed by atoms with van der Waals surface area (Å²) in [5.41, 5.74) is 0. The lowest BCUT2D eigenvalue weighted by atomic mass is 12.0. The number of rotatable bonds is 0. The second-order valence-electron chi connectivity index (χ2n) is 0.247. The molecule has 0 aromatic heterocycles. The van der Waals surface area contributed by atoms with Gasteiger partial charge in [0.15, 0.2) is 0 Å². The van der Waals surface area contributed by atoms with Crippen molar-refractivity contribution in [2.24, 2.45) is 0 Å². The fraction of sp³-hybridized carbons (Fsp3) is 0. The molecule has 0 heterocycles. The fourth-order valence-corrected chi connectivity index (χ4v) is 0. The van der Waals surface area contributed by atoms with Gasteiger partial charge in [0.05, 0.1) is 0 Å². The van der Waals surface area contributed by atoms with E-state index in [1.165, 1.54) is 0 Å². The first-order valence-corrected chi connectivity index (χ1v) is 5.89. The quantitative estimate of drug-likeness (QED) is 0.462. The normalized spacial score (nSPS) is 5.40. The first-order valence-electron chi connectivity index (χ1n) is 0.655. The third-order valence-corrected chi connectivity index (χ3v) is 0. The van der Waals surface area contributed by atoms with E-state index in [1.807, 2.05) is 0 Å². The van der Waals surface area contributed by atoms with Crippen molar-refractivity contribution in [1.82, 2.24) is 0 Å². The van der Waals surface area contributed by atoms with E-state index in [0.717, 1.165) is 0 Å². The molecule has 0 rings (SSSR count). The maximum Gasteiger partial charge on any atom is 0.643 e. The Bertz CT molecular complexity index is 11.6. The highest BCUT2D eigenvalue weighted by Crippen LogP contribution is 1.97. The average Bonchev–Trinajstić information content (AvgIpc) is 0.811. The van der Waals surface area contributed by atoms with Crippen molar-refractivity contribution in [1.29, 1.82) is 0 Å². The van der Waals surface area contributed by atoms with E-state index in [2.05, 4.69) is 0 Å². The highest BCUT2D eigenvalue weighted by molar-refractivity contribution is 7.54. The van der Waals surface area contributed by atoms with Gasteiger partial charge in [-0.25, -0.2) is 30.1 Å². The summed E-state index contributed by atoms with van der Waals surface area (Å²) < 4.78 is 0. The van der Waals surface area contributed by atoms with Crippen molar-refractivity contribution < 1.29 is 0 Å². The van der Waals surface area contributed by atoms with Crippen LogP contribution in [0, 0.1) is 7.43 Å².